The van der Waals surface area contributed by atoms with E-state index in [9.17, 15) is 4.79 Å². The van der Waals surface area contributed by atoms with Crippen LogP contribution >= 0.6 is 0 Å². The lowest BCUT2D eigenvalue weighted by molar-refractivity contribution is 0.121. The number of carbonyl (C=O) groups is 1. The number of aromatic nitrogens is 3. The molecule has 1 aliphatic heterocycles. The minimum Gasteiger partial charge on any atom is -0.486 e. The van der Waals surface area contributed by atoms with Crippen molar-refractivity contribution in [2.45, 2.75) is 6.92 Å². The Balaban J connectivity index is 1.69. The number of nitrogens with one attached hydrogen (secondary N) is 1. The van der Waals surface area contributed by atoms with E-state index in [2.05, 4.69) is 20.1 Å². The van der Waals surface area contributed by atoms with Gasteiger partial charge in [-0.1, -0.05) is 0 Å². The molecule has 9 nitrogen and oxygen atoms in total. The Morgan fingerprint density at radius 1 is 1.27 bits per heavy atom. The van der Waals surface area contributed by atoms with Crippen molar-refractivity contribution >= 4 is 23.2 Å². The van der Waals surface area contributed by atoms with Crippen LogP contribution in [0.1, 0.15) is 5.56 Å². The standard InChI is InChI=1S/C17H16N4O5/c1-10-14(26-17(22)23-2)8-21-15(10)16(18-9-19-21)20-11-3-4-12-13(7-11)25-6-5-24-12/h3-4,7-9H,5-6H2,1-2H3,(H,18,19,20). The summed E-state index contributed by atoms with van der Waals surface area (Å²) >= 11 is 0. The molecule has 1 N–H and O–H groups in total. The zero-order valence-corrected chi connectivity index (χ0v) is 14.2. The SMILES string of the molecule is COC(=O)Oc1cn2ncnc(Nc3ccc4c(c3)OCCO4)c2c1C. The Morgan fingerprint density at radius 3 is 2.88 bits per heavy atom. The van der Waals surface area contributed by atoms with Crippen LogP contribution in [0.3, 0.4) is 0 Å². The molecule has 0 amide bonds. The van der Waals surface area contributed by atoms with Crippen LogP contribution in [0.4, 0.5) is 16.3 Å². The molecule has 1 aromatic carbocycles. The minimum absolute atomic E-state index is 0.350. The maximum Gasteiger partial charge on any atom is 0.513 e. The fraction of sp³-hybridized carbons (Fsp3) is 0.235. The van der Waals surface area contributed by atoms with E-state index in [1.54, 1.807) is 10.7 Å². The van der Waals surface area contributed by atoms with Crippen molar-refractivity contribution < 1.29 is 23.7 Å². The predicted octanol–water partition coefficient (Wildman–Crippen LogP) is 2.70. The molecule has 3 heterocycles. The smallest absolute Gasteiger partial charge is 0.486 e. The Labute approximate surface area is 148 Å². The van der Waals surface area contributed by atoms with Crippen LogP contribution in [0, 0.1) is 6.92 Å². The number of hydrogen-bond donors (Lipinski definition) is 1. The van der Waals surface area contributed by atoms with Gasteiger partial charge in [0.15, 0.2) is 23.1 Å². The highest BCUT2D eigenvalue weighted by molar-refractivity contribution is 5.80. The number of aryl methyl sites for hydroxylation is 1. The molecular formula is C17H16N4O5. The van der Waals surface area contributed by atoms with Gasteiger partial charge in [0.1, 0.15) is 25.1 Å². The molecule has 0 atom stereocenters. The van der Waals surface area contributed by atoms with Gasteiger partial charge in [-0.05, 0) is 19.1 Å². The van der Waals surface area contributed by atoms with Crippen LogP contribution in [-0.2, 0) is 4.74 Å². The molecule has 26 heavy (non-hydrogen) atoms. The number of nitrogens with zero attached hydrogens (tertiary/aromatic N) is 3. The summed E-state index contributed by atoms with van der Waals surface area (Å²) in [5.41, 5.74) is 2.17. The molecule has 0 unspecified atom stereocenters. The van der Waals surface area contributed by atoms with E-state index in [1.165, 1.54) is 13.4 Å². The van der Waals surface area contributed by atoms with E-state index < -0.39 is 6.16 Å². The van der Waals surface area contributed by atoms with Crippen LogP contribution < -0.4 is 19.5 Å². The molecule has 0 fully saturated rings. The van der Waals surface area contributed by atoms with Gasteiger partial charge in [-0.15, -0.1) is 0 Å². The maximum atomic E-state index is 11.4. The highest BCUT2D eigenvalue weighted by atomic mass is 16.7. The molecular weight excluding hydrogens is 340 g/mol. The summed E-state index contributed by atoms with van der Waals surface area (Å²) in [6, 6.07) is 5.56. The molecule has 3 aromatic rings. The first-order valence-corrected chi connectivity index (χ1v) is 7.91. The van der Waals surface area contributed by atoms with E-state index in [1.807, 2.05) is 25.1 Å². The van der Waals surface area contributed by atoms with Crippen molar-refractivity contribution in [1.82, 2.24) is 14.6 Å². The third-order valence-corrected chi connectivity index (χ3v) is 3.95. The summed E-state index contributed by atoms with van der Waals surface area (Å²) in [7, 11) is 1.25. The number of hydrogen-bond acceptors (Lipinski definition) is 8. The summed E-state index contributed by atoms with van der Waals surface area (Å²) in [4.78, 5) is 15.7. The topological polar surface area (TPSA) is 96.2 Å². The molecule has 134 valence electrons. The van der Waals surface area contributed by atoms with Gasteiger partial charge in [0.2, 0.25) is 0 Å². The molecule has 0 saturated heterocycles. The van der Waals surface area contributed by atoms with Gasteiger partial charge in [0, 0.05) is 17.3 Å². The van der Waals surface area contributed by atoms with Gasteiger partial charge >= 0.3 is 6.16 Å². The predicted molar refractivity (Wildman–Crippen MR) is 91.5 cm³/mol. The second kappa shape index (κ2) is 6.43. The lowest BCUT2D eigenvalue weighted by Crippen LogP contribution is -2.15. The van der Waals surface area contributed by atoms with Crippen LogP contribution in [0.5, 0.6) is 17.2 Å². The monoisotopic (exact) mass is 356 g/mol. The van der Waals surface area contributed by atoms with E-state index in [0.29, 0.717) is 47.4 Å². The zero-order chi connectivity index (χ0) is 18.1. The molecule has 2 aromatic heterocycles. The van der Waals surface area contributed by atoms with Gasteiger partial charge in [0.05, 0.1) is 13.3 Å². The Hall–Kier alpha value is -3.49. The third kappa shape index (κ3) is 2.83. The fourth-order valence-corrected chi connectivity index (χ4v) is 2.72. The second-order valence-corrected chi connectivity index (χ2v) is 5.56. The number of anilines is 2. The van der Waals surface area contributed by atoms with Crippen molar-refractivity contribution in [3.63, 3.8) is 0 Å². The average Bonchev–Trinajstić information content (AvgIpc) is 2.98. The first-order valence-electron chi connectivity index (χ1n) is 7.91. The number of carbonyl (C=O) groups excluding carboxylic acids is 1. The Morgan fingerprint density at radius 2 is 2.08 bits per heavy atom. The van der Waals surface area contributed by atoms with E-state index in [4.69, 9.17) is 14.2 Å². The van der Waals surface area contributed by atoms with Gasteiger partial charge in [-0.25, -0.2) is 14.3 Å². The molecule has 9 heteroatoms. The van der Waals surface area contributed by atoms with E-state index in [0.717, 1.165) is 5.69 Å². The molecule has 0 spiro atoms. The fourth-order valence-electron chi connectivity index (χ4n) is 2.72. The van der Waals surface area contributed by atoms with Gasteiger partial charge < -0.3 is 24.3 Å². The Bertz CT molecular complexity index is 985. The lowest BCUT2D eigenvalue weighted by Gasteiger charge is -2.19. The molecule has 4 rings (SSSR count). The molecule has 0 aliphatic carbocycles. The molecule has 0 saturated carbocycles. The van der Waals surface area contributed by atoms with E-state index >= 15 is 0 Å². The first-order chi connectivity index (χ1) is 12.7. The highest BCUT2D eigenvalue weighted by Crippen LogP contribution is 2.35. The highest BCUT2D eigenvalue weighted by Gasteiger charge is 2.17. The number of ether oxygens (including phenoxy) is 4. The number of methoxy groups -OCH3 is 1. The van der Waals surface area contributed by atoms with Crippen LogP contribution in [0.2, 0.25) is 0 Å². The summed E-state index contributed by atoms with van der Waals surface area (Å²) in [5, 5.41) is 7.40. The van der Waals surface area contributed by atoms with Crippen molar-refractivity contribution in [3.8, 4) is 17.2 Å². The normalized spacial score (nSPS) is 12.7. The quantitative estimate of drug-likeness (QED) is 0.716. The van der Waals surface area contributed by atoms with Crippen LogP contribution in [0.25, 0.3) is 5.52 Å². The Kier molecular flexibility index (Phi) is 3.96. The van der Waals surface area contributed by atoms with Crippen LogP contribution in [-0.4, -0.2) is 41.1 Å². The van der Waals surface area contributed by atoms with Crippen molar-refractivity contribution in [2.75, 3.05) is 25.6 Å². The summed E-state index contributed by atoms with van der Waals surface area (Å²) in [6.07, 6.45) is 2.21. The second-order valence-electron chi connectivity index (χ2n) is 5.56. The lowest BCUT2D eigenvalue weighted by atomic mass is 10.2. The summed E-state index contributed by atoms with van der Waals surface area (Å²) in [5.74, 6) is 2.30. The molecule has 0 bridgehead atoms. The minimum atomic E-state index is -0.793. The largest absolute Gasteiger partial charge is 0.513 e. The third-order valence-electron chi connectivity index (χ3n) is 3.95. The van der Waals surface area contributed by atoms with Gasteiger partial charge in [-0.2, -0.15) is 5.10 Å². The first kappa shape index (κ1) is 16.0. The number of benzene rings is 1. The van der Waals surface area contributed by atoms with Gasteiger partial charge in [0.25, 0.3) is 0 Å². The van der Waals surface area contributed by atoms with Crippen molar-refractivity contribution in [3.05, 3.63) is 36.3 Å². The molecule has 1 aliphatic rings. The maximum absolute atomic E-state index is 11.4. The van der Waals surface area contributed by atoms with Crippen LogP contribution in [0.15, 0.2) is 30.7 Å². The van der Waals surface area contributed by atoms with Gasteiger partial charge in [-0.3, -0.25) is 0 Å². The van der Waals surface area contributed by atoms with Crippen molar-refractivity contribution in [1.29, 1.82) is 0 Å². The van der Waals surface area contributed by atoms with Crippen molar-refractivity contribution in [2.24, 2.45) is 0 Å². The van der Waals surface area contributed by atoms with E-state index in [-0.39, 0.29) is 0 Å². The average molecular weight is 356 g/mol. The summed E-state index contributed by atoms with van der Waals surface area (Å²) in [6.45, 7) is 2.87. The zero-order valence-electron chi connectivity index (χ0n) is 14.2. The number of fused-ring (bicyclic) bond motifs is 2. The number of rotatable bonds is 3. The summed E-state index contributed by atoms with van der Waals surface area (Å²) < 4.78 is 22.4. The molecule has 0 radical (unpaired) electrons.